The Morgan fingerprint density at radius 1 is 1.16 bits per heavy atom. The normalized spacial score (nSPS) is 19.2. The predicted molar refractivity (Wildman–Crippen MR) is 124 cm³/mol. The summed E-state index contributed by atoms with van der Waals surface area (Å²) < 4.78 is 29.8. The van der Waals surface area contributed by atoms with Gasteiger partial charge in [0.05, 0.1) is 11.2 Å². The van der Waals surface area contributed by atoms with E-state index in [1.165, 1.54) is 10.4 Å². The number of rotatable bonds is 9. The van der Waals surface area contributed by atoms with Crippen molar-refractivity contribution in [1.29, 1.82) is 0 Å². The molecule has 0 spiro atoms. The molecule has 1 saturated heterocycles. The van der Waals surface area contributed by atoms with Crippen molar-refractivity contribution < 1.29 is 13.2 Å². The van der Waals surface area contributed by atoms with Gasteiger partial charge in [-0.3, -0.25) is 4.79 Å². The van der Waals surface area contributed by atoms with E-state index in [4.69, 9.17) is 0 Å². The van der Waals surface area contributed by atoms with Crippen LogP contribution in [0.15, 0.2) is 54.0 Å². The van der Waals surface area contributed by atoms with Gasteiger partial charge in [0, 0.05) is 56.4 Å². The van der Waals surface area contributed by atoms with Crippen molar-refractivity contribution in [3.05, 3.63) is 54.6 Å². The highest BCUT2D eigenvalue weighted by Gasteiger charge is 2.28. The Labute approximate surface area is 189 Å². The van der Waals surface area contributed by atoms with E-state index in [9.17, 15) is 13.2 Å². The van der Waals surface area contributed by atoms with Crippen LogP contribution in [0.5, 0.6) is 0 Å². The lowest BCUT2D eigenvalue weighted by atomic mass is 9.94. The van der Waals surface area contributed by atoms with Crippen LogP contribution in [0.3, 0.4) is 0 Å². The van der Waals surface area contributed by atoms with Crippen LogP contribution in [-0.2, 0) is 16.6 Å². The van der Waals surface area contributed by atoms with E-state index in [0.717, 1.165) is 38.6 Å². The second-order valence-corrected chi connectivity index (χ2v) is 10.4. The van der Waals surface area contributed by atoms with E-state index < -0.39 is 10.0 Å². The molecule has 0 bridgehead atoms. The number of carbonyl (C=O) groups excluding carboxylic acids is 1. The Bertz CT molecular complexity index is 1040. The molecular formula is C23H31N5O3S. The smallest absolute Gasteiger partial charge is 0.251 e. The molecule has 0 radical (unpaired) electrons. The fourth-order valence-electron chi connectivity index (χ4n) is 4.18. The zero-order valence-electron chi connectivity index (χ0n) is 18.2. The third-order valence-corrected chi connectivity index (χ3v) is 7.94. The van der Waals surface area contributed by atoms with Gasteiger partial charge in [-0.1, -0.05) is 12.2 Å². The molecule has 32 heavy (non-hydrogen) atoms. The lowest BCUT2D eigenvalue weighted by Gasteiger charge is -2.21. The molecule has 1 aromatic heterocycles. The highest BCUT2D eigenvalue weighted by atomic mass is 32.2. The summed E-state index contributed by atoms with van der Waals surface area (Å²) in [5, 5.41) is 6.27. The molecule has 9 heteroatoms. The van der Waals surface area contributed by atoms with Crippen molar-refractivity contribution in [3.63, 3.8) is 0 Å². The summed E-state index contributed by atoms with van der Waals surface area (Å²) in [6.07, 6.45) is 14.5. The molecule has 2 aliphatic rings. The summed E-state index contributed by atoms with van der Waals surface area (Å²) >= 11 is 0. The van der Waals surface area contributed by atoms with E-state index >= 15 is 0 Å². The number of allylic oxidation sites excluding steroid dienone is 2. The van der Waals surface area contributed by atoms with Crippen molar-refractivity contribution in [1.82, 2.24) is 19.2 Å². The maximum atomic E-state index is 13.2. The number of carbonyl (C=O) groups is 1. The molecule has 1 aliphatic carbocycles. The van der Waals surface area contributed by atoms with Crippen LogP contribution in [0.2, 0.25) is 0 Å². The topological polar surface area (TPSA) is 96.3 Å². The zero-order chi connectivity index (χ0) is 22.4. The fraction of sp³-hybridized carbons (Fsp3) is 0.478. The first-order chi connectivity index (χ1) is 15.5. The molecule has 1 aliphatic heterocycles. The molecular weight excluding hydrogens is 426 g/mol. The highest BCUT2D eigenvalue weighted by molar-refractivity contribution is 7.89. The second-order valence-electron chi connectivity index (χ2n) is 8.45. The molecule has 2 N–H and O–H groups in total. The van der Waals surface area contributed by atoms with Crippen molar-refractivity contribution in [2.75, 3.05) is 31.5 Å². The van der Waals surface area contributed by atoms with Crippen LogP contribution < -0.4 is 10.6 Å². The first kappa shape index (κ1) is 22.5. The van der Waals surface area contributed by atoms with Gasteiger partial charge in [-0.15, -0.1) is 0 Å². The van der Waals surface area contributed by atoms with Crippen molar-refractivity contribution >= 4 is 21.6 Å². The molecule has 4 rings (SSSR count). The minimum atomic E-state index is -3.63. The number of nitrogens with one attached hydrogen (secondary N) is 2. The van der Waals surface area contributed by atoms with Gasteiger partial charge < -0.3 is 15.2 Å². The Morgan fingerprint density at radius 2 is 2.00 bits per heavy atom. The molecule has 1 aromatic carbocycles. The van der Waals surface area contributed by atoms with Crippen molar-refractivity contribution in [2.45, 2.75) is 43.5 Å². The standard InChI is InChI=1S/C23H31N5O3S/c29-23(25-9-13-27-12-8-24-18-27)20-14-21(26-17-19-6-2-1-3-7-19)16-22(15-20)32(30,31)28-10-4-5-11-28/h1-2,8,12,14-16,18-19,26H,3-7,9-11,13,17H2,(H,25,29)/t19-/m0/s1. The van der Waals surface area contributed by atoms with E-state index in [2.05, 4.69) is 27.8 Å². The Kier molecular flexibility index (Phi) is 7.26. The van der Waals surface area contributed by atoms with Crippen LogP contribution in [0.1, 0.15) is 42.5 Å². The van der Waals surface area contributed by atoms with Gasteiger partial charge in [-0.2, -0.15) is 4.31 Å². The molecule has 0 saturated carbocycles. The van der Waals surface area contributed by atoms with Gasteiger partial charge >= 0.3 is 0 Å². The van der Waals surface area contributed by atoms with Gasteiger partial charge in [0.15, 0.2) is 0 Å². The Morgan fingerprint density at radius 3 is 2.72 bits per heavy atom. The molecule has 1 amide bonds. The average molecular weight is 458 g/mol. The summed E-state index contributed by atoms with van der Waals surface area (Å²) in [5.41, 5.74) is 1.02. The molecule has 8 nitrogen and oxygen atoms in total. The fourth-order valence-corrected chi connectivity index (χ4v) is 5.77. The van der Waals surface area contributed by atoms with Crippen LogP contribution in [-0.4, -0.2) is 54.4 Å². The minimum Gasteiger partial charge on any atom is -0.385 e. The number of anilines is 1. The first-order valence-corrected chi connectivity index (χ1v) is 12.7. The Hall–Kier alpha value is -2.65. The third kappa shape index (κ3) is 5.58. The quantitative estimate of drug-likeness (QED) is 0.565. The maximum Gasteiger partial charge on any atom is 0.251 e. The number of nitrogens with zero attached hydrogens (tertiary/aromatic N) is 3. The number of hydrogen-bond acceptors (Lipinski definition) is 5. The summed E-state index contributed by atoms with van der Waals surface area (Å²) in [6.45, 7) is 2.83. The number of imidazole rings is 1. The SMILES string of the molecule is O=C(NCCn1ccnc1)c1cc(NC[C@H]2CC=CCC2)cc(S(=O)(=O)N2CCCC2)c1. The van der Waals surface area contributed by atoms with E-state index in [0.29, 0.717) is 43.3 Å². The number of hydrogen-bond donors (Lipinski definition) is 2. The summed E-state index contributed by atoms with van der Waals surface area (Å²) in [5.74, 6) is 0.221. The average Bonchev–Trinajstić information content (AvgIpc) is 3.53. The van der Waals surface area contributed by atoms with Gasteiger partial charge in [0.1, 0.15) is 0 Å². The van der Waals surface area contributed by atoms with Gasteiger partial charge in [0.2, 0.25) is 10.0 Å². The van der Waals surface area contributed by atoms with Crippen LogP contribution in [0.25, 0.3) is 0 Å². The summed E-state index contributed by atoms with van der Waals surface area (Å²) in [6, 6.07) is 4.90. The van der Waals surface area contributed by atoms with Gasteiger partial charge in [-0.05, 0) is 56.2 Å². The highest BCUT2D eigenvalue weighted by Crippen LogP contribution is 2.26. The largest absolute Gasteiger partial charge is 0.385 e. The predicted octanol–water partition coefficient (Wildman–Crippen LogP) is 2.87. The van der Waals surface area contributed by atoms with E-state index in [-0.39, 0.29) is 10.8 Å². The minimum absolute atomic E-state index is 0.174. The molecule has 1 fully saturated rings. The molecule has 2 heterocycles. The number of amides is 1. The number of aromatic nitrogens is 2. The maximum absolute atomic E-state index is 13.2. The van der Waals surface area contributed by atoms with Crippen LogP contribution in [0, 0.1) is 5.92 Å². The van der Waals surface area contributed by atoms with E-state index in [1.54, 1.807) is 24.7 Å². The van der Waals surface area contributed by atoms with Crippen molar-refractivity contribution in [2.24, 2.45) is 5.92 Å². The number of sulfonamides is 1. The van der Waals surface area contributed by atoms with Gasteiger partial charge in [0.25, 0.3) is 5.91 Å². The first-order valence-electron chi connectivity index (χ1n) is 11.3. The second kappa shape index (κ2) is 10.3. The zero-order valence-corrected chi connectivity index (χ0v) is 19.1. The van der Waals surface area contributed by atoms with E-state index in [1.807, 2.05) is 10.8 Å². The monoisotopic (exact) mass is 457 g/mol. The number of benzene rings is 1. The lowest BCUT2D eigenvalue weighted by molar-refractivity contribution is 0.0952. The molecule has 2 aromatic rings. The van der Waals surface area contributed by atoms with Crippen LogP contribution in [0.4, 0.5) is 5.69 Å². The summed E-state index contributed by atoms with van der Waals surface area (Å²) in [7, 11) is -3.63. The summed E-state index contributed by atoms with van der Waals surface area (Å²) in [4.78, 5) is 17.0. The lowest BCUT2D eigenvalue weighted by Crippen LogP contribution is -2.29. The third-order valence-electron chi connectivity index (χ3n) is 6.06. The molecule has 0 unspecified atom stereocenters. The van der Waals surface area contributed by atoms with Crippen LogP contribution >= 0.6 is 0 Å². The van der Waals surface area contributed by atoms with Gasteiger partial charge in [-0.25, -0.2) is 13.4 Å². The molecule has 172 valence electrons. The van der Waals surface area contributed by atoms with Crippen molar-refractivity contribution in [3.8, 4) is 0 Å². The molecule has 1 atom stereocenters. The Balaban J connectivity index is 1.51.